The number of nitrogens with one attached hydrogen (secondary N) is 1. The van der Waals surface area contributed by atoms with Crippen LogP contribution in [0.1, 0.15) is 52.9 Å². The molecule has 5 heteroatoms. The number of carbonyl (C=O) groups excluding carboxylic acids is 1. The largest absolute Gasteiger partial charge is 0.353 e. The molecule has 1 aliphatic heterocycles. The quantitative estimate of drug-likeness (QED) is 0.850. The van der Waals surface area contributed by atoms with Crippen LogP contribution in [0.3, 0.4) is 0 Å². The van der Waals surface area contributed by atoms with Gasteiger partial charge in [0, 0.05) is 6.04 Å². The Hall–Kier alpha value is -0.580. The summed E-state index contributed by atoms with van der Waals surface area (Å²) in [5, 5.41) is 3.15. The van der Waals surface area contributed by atoms with Gasteiger partial charge < -0.3 is 5.32 Å². The molecule has 3 unspecified atom stereocenters. The molecule has 0 radical (unpaired) electrons. The second-order valence-electron chi connectivity index (χ2n) is 7.47. The van der Waals surface area contributed by atoms with Gasteiger partial charge in [-0.05, 0) is 30.6 Å². The first kappa shape index (κ1) is 15.8. The van der Waals surface area contributed by atoms with E-state index in [2.05, 4.69) is 26.1 Å². The lowest BCUT2D eigenvalue weighted by atomic mass is 9.69. The highest BCUT2D eigenvalue weighted by molar-refractivity contribution is 7.91. The van der Waals surface area contributed by atoms with Gasteiger partial charge in [0.2, 0.25) is 5.91 Å². The fourth-order valence-corrected chi connectivity index (χ4v) is 5.38. The van der Waals surface area contributed by atoms with E-state index < -0.39 is 9.84 Å². The third-order valence-electron chi connectivity index (χ3n) is 4.81. The Kier molecular flexibility index (Phi) is 4.47. The number of rotatable bonds is 2. The summed E-state index contributed by atoms with van der Waals surface area (Å²) in [6.07, 6.45) is 5.04. The summed E-state index contributed by atoms with van der Waals surface area (Å²) >= 11 is 0. The zero-order chi connectivity index (χ0) is 15.0. The summed E-state index contributed by atoms with van der Waals surface area (Å²) in [6, 6.07) is 0.208. The third-order valence-corrected chi connectivity index (χ3v) is 6.58. The molecule has 0 spiro atoms. The van der Waals surface area contributed by atoms with Crippen molar-refractivity contribution in [2.24, 2.45) is 17.3 Å². The highest BCUT2D eigenvalue weighted by Gasteiger charge is 2.38. The summed E-state index contributed by atoms with van der Waals surface area (Å²) in [7, 11) is -2.98. The van der Waals surface area contributed by atoms with E-state index in [0.29, 0.717) is 12.3 Å². The highest BCUT2D eigenvalue weighted by atomic mass is 32.2. The van der Waals surface area contributed by atoms with Crippen LogP contribution in [0.4, 0.5) is 0 Å². The van der Waals surface area contributed by atoms with Gasteiger partial charge in [-0.15, -0.1) is 0 Å². The first-order valence-corrected chi connectivity index (χ1v) is 9.52. The van der Waals surface area contributed by atoms with Gasteiger partial charge in [-0.2, -0.15) is 0 Å². The lowest BCUT2D eigenvalue weighted by Gasteiger charge is -2.41. The van der Waals surface area contributed by atoms with E-state index in [-0.39, 0.29) is 34.8 Å². The second kappa shape index (κ2) is 5.66. The van der Waals surface area contributed by atoms with Crippen molar-refractivity contribution >= 4 is 15.7 Å². The van der Waals surface area contributed by atoms with Crippen molar-refractivity contribution in [1.82, 2.24) is 5.32 Å². The van der Waals surface area contributed by atoms with Gasteiger partial charge >= 0.3 is 0 Å². The lowest BCUT2D eigenvalue weighted by Crippen LogP contribution is -2.48. The van der Waals surface area contributed by atoms with Crippen molar-refractivity contribution in [2.75, 3.05) is 11.5 Å². The number of hydrogen-bond acceptors (Lipinski definition) is 3. The van der Waals surface area contributed by atoms with E-state index in [1.165, 1.54) is 6.42 Å². The predicted molar refractivity (Wildman–Crippen MR) is 80.1 cm³/mol. The molecular weight excluding hydrogens is 274 g/mol. The van der Waals surface area contributed by atoms with Crippen LogP contribution in [0.2, 0.25) is 0 Å². The molecule has 3 atom stereocenters. The molecule has 1 saturated heterocycles. The molecule has 2 rings (SSSR count). The second-order valence-corrected chi connectivity index (χ2v) is 9.70. The molecule has 1 saturated carbocycles. The Balaban J connectivity index is 1.99. The standard InChI is InChI=1S/C15H27NO3S/c1-15(2,3)12-6-4-5-7-13(12)16-14(17)11-8-9-20(18,19)10-11/h11-13H,4-10H2,1-3H3,(H,16,17). The van der Waals surface area contributed by atoms with Crippen molar-refractivity contribution < 1.29 is 13.2 Å². The Morgan fingerprint density at radius 1 is 1.10 bits per heavy atom. The molecule has 4 nitrogen and oxygen atoms in total. The van der Waals surface area contributed by atoms with Crippen LogP contribution in [0.5, 0.6) is 0 Å². The van der Waals surface area contributed by atoms with Gasteiger partial charge in [0.25, 0.3) is 0 Å². The van der Waals surface area contributed by atoms with E-state index >= 15 is 0 Å². The SMILES string of the molecule is CC(C)(C)C1CCCCC1NC(=O)C1CCS(=O)(=O)C1. The summed E-state index contributed by atoms with van der Waals surface area (Å²) < 4.78 is 23.0. The average molecular weight is 301 g/mol. The maximum Gasteiger partial charge on any atom is 0.224 e. The molecule has 0 aromatic rings. The summed E-state index contributed by atoms with van der Waals surface area (Å²) in [6.45, 7) is 6.67. The Morgan fingerprint density at radius 3 is 2.30 bits per heavy atom. The molecule has 1 N–H and O–H groups in total. The van der Waals surface area contributed by atoms with Crippen LogP contribution in [0.25, 0.3) is 0 Å². The number of sulfone groups is 1. The Bertz CT molecular complexity index is 464. The van der Waals surface area contributed by atoms with Crippen molar-refractivity contribution in [3.8, 4) is 0 Å². The summed E-state index contributed by atoms with van der Waals surface area (Å²) in [5.74, 6) is 0.303. The maximum absolute atomic E-state index is 12.3. The van der Waals surface area contributed by atoms with Gasteiger partial charge in [0.05, 0.1) is 17.4 Å². The van der Waals surface area contributed by atoms with Crippen LogP contribution in [0.15, 0.2) is 0 Å². The Morgan fingerprint density at radius 2 is 1.75 bits per heavy atom. The van der Waals surface area contributed by atoms with Crippen LogP contribution >= 0.6 is 0 Å². The fraction of sp³-hybridized carbons (Fsp3) is 0.933. The number of hydrogen-bond donors (Lipinski definition) is 1. The zero-order valence-electron chi connectivity index (χ0n) is 12.8. The first-order valence-electron chi connectivity index (χ1n) is 7.70. The van der Waals surface area contributed by atoms with Gasteiger partial charge in [0.1, 0.15) is 0 Å². The van der Waals surface area contributed by atoms with E-state index in [0.717, 1.165) is 19.3 Å². The monoisotopic (exact) mass is 301 g/mol. The molecule has 0 bridgehead atoms. The molecule has 1 aliphatic carbocycles. The minimum atomic E-state index is -2.98. The molecular formula is C15H27NO3S. The van der Waals surface area contributed by atoms with E-state index in [9.17, 15) is 13.2 Å². The summed E-state index contributed by atoms with van der Waals surface area (Å²) in [4.78, 5) is 12.3. The van der Waals surface area contributed by atoms with Crippen molar-refractivity contribution in [2.45, 2.75) is 58.9 Å². The van der Waals surface area contributed by atoms with Crippen LogP contribution in [0, 0.1) is 17.3 Å². The predicted octanol–water partition coefficient (Wildman–Crippen LogP) is 2.14. The van der Waals surface area contributed by atoms with E-state index in [4.69, 9.17) is 0 Å². The van der Waals surface area contributed by atoms with Gasteiger partial charge in [0.15, 0.2) is 9.84 Å². The maximum atomic E-state index is 12.3. The van der Waals surface area contributed by atoms with Crippen molar-refractivity contribution in [3.63, 3.8) is 0 Å². The number of carbonyl (C=O) groups is 1. The molecule has 2 aliphatic rings. The molecule has 1 heterocycles. The fourth-order valence-electron chi connectivity index (χ4n) is 3.64. The molecule has 0 aromatic heterocycles. The summed E-state index contributed by atoms with van der Waals surface area (Å²) in [5.41, 5.74) is 0.181. The van der Waals surface area contributed by atoms with Crippen LogP contribution in [-0.2, 0) is 14.6 Å². The normalized spacial score (nSPS) is 33.9. The molecule has 1 amide bonds. The minimum Gasteiger partial charge on any atom is -0.353 e. The van der Waals surface area contributed by atoms with E-state index in [1.807, 2.05) is 0 Å². The minimum absolute atomic E-state index is 0.0335. The van der Waals surface area contributed by atoms with E-state index in [1.54, 1.807) is 0 Å². The third kappa shape index (κ3) is 3.74. The molecule has 2 fully saturated rings. The van der Waals surface area contributed by atoms with Crippen molar-refractivity contribution in [3.05, 3.63) is 0 Å². The highest BCUT2D eigenvalue weighted by Crippen LogP contribution is 2.38. The molecule has 116 valence electrons. The molecule has 0 aromatic carbocycles. The number of amides is 1. The zero-order valence-corrected chi connectivity index (χ0v) is 13.6. The lowest BCUT2D eigenvalue weighted by molar-refractivity contribution is -0.126. The Labute approximate surface area is 122 Å². The molecule has 20 heavy (non-hydrogen) atoms. The van der Waals surface area contributed by atoms with Gasteiger partial charge in [-0.3, -0.25) is 4.79 Å². The first-order chi connectivity index (χ1) is 9.19. The smallest absolute Gasteiger partial charge is 0.224 e. The van der Waals surface area contributed by atoms with Gasteiger partial charge in [-0.25, -0.2) is 8.42 Å². The van der Waals surface area contributed by atoms with Crippen LogP contribution in [-0.4, -0.2) is 31.9 Å². The van der Waals surface area contributed by atoms with Crippen molar-refractivity contribution in [1.29, 1.82) is 0 Å². The van der Waals surface area contributed by atoms with Crippen LogP contribution < -0.4 is 5.32 Å². The van der Waals surface area contributed by atoms with Gasteiger partial charge in [-0.1, -0.05) is 33.6 Å². The topological polar surface area (TPSA) is 63.2 Å². The average Bonchev–Trinajstić information content (AvgIpc) is 2.69.